The van der Waals surface area contributed by atoms with E-state index in [4.69, 9.17) is 5.11 Å². The number of aromatic nitrogens is 2. The van der Waals surface area contributed by atoms with Crippen LogP contribution in [0.3, 0.4) is 0 Å². The number of amides is 1. The van der Waals surface area contributed by atoms with Crippen molar-refractivity contribution in [1.29, 1.82) is 0 Å². The Morgan fingerprint density at radius 1 is 1.50 bits per heavy atom. The largest absolute Gasteiger partial charge is 0.392 e. The van der Waals surface area contributed by atoms with E-state index in [1.165, 1.54) is 0 Å². The zero-order valence-corrected chi connectivity index (χ0v) is 9.80. The Balaban J connectivity index is 2.35. The summed E-state index contributed by atoms with van der Waals surface area (Å²) >= 11 is 0. The molecule has 0 saturated carbocycles. The number of para-hydroxylation sites is 1. The number of benzene rings is 1. The Kier molecular flexibility index (Phi) is 3.38. The van der Waals surface area contributed by atoms with Crippen LogP contribution in [0.4, 0.5) is 0 Å². The number of carbonyl (C=O) groups excluding carboxylic acids is 1. The smallest absolute Gasteiger partial charge is 0.287 e. The van der Waals surface area contributed by atoms with Crippen LogP contribution in [0.2, 0.25) is 0 Å². The number of carbonyl (C=O) groups is 1. The molecule has 0 aliphatic heterocycles. The fraction of sp³-hybridized carbons (Fsp3) is 0.250. The van der Waals surface area contributed by atoms with Gasteiger partial charge in [-0.1, -0.05) is 12.1 Å². The first-order chi connectivity index (χ1) is 8.58. The molecule has 1 aromatic heterocycles. The first kappa shape index (κ1) is 12.3. The van der Waals surface area contributed by atoms with Crippen molar-refractivity contribution in [2.45, 2.75) is 13.0 Å². The molecule has 1 heterocycles. The predicted octanol–water partition coefficient (Wildman–Crippen LogP) is 0.0337. The van der Waals surface area contributed by atoms with Gasteiger partial charge in [0.2, 0.25) is 0 Å². The highest BCUT2D eigenvalue weighted by Crippen LogP contribution is 2.05. The summed E-state index contributed by atoms with van der Waals surface area (Å²) in [4.78, 5) is 29.9. The quantitative estimate of drug-likeness (QED) is 0.713. The number of aliphatic hydroxyl groups excluding tert-OH is 1. The van der Waals surface area contributed by atoms with Crippen LogP contribution in [0.5, 0.6) is 0 Å². The number of hydrogen-bond donors (Lipinski definition) is 3. The van der Waals surface area contributed by atoms with Gasteiger partial charge >= 0.3 is 0 Å². The minimum atomic E-state index is -0.652. The Morgan fingerprint density at radius 3 is 2.94 bits per heavy atom. The molecule has 6 heteroatoms. The topological polar surface area (TPSA) is 95.1 Å². The molecule has 3 N–H and O–H groups in total. The summed E-state index contributed by atoms with van der Waals surface area (Å²) in [5.41, 5.74) is 0.103. The fourth-order valence-electron chi connectivity index (χ4n) is 1.52. The summed E-state index contributed by atoms with van der Waals surface area (Å²) in [6.07, 6.45) is -0.652. The molecule has 0 saturated heterocycles. The van der Waals surface area contributed by atoms with Gasteiger partial charge in [-0.2, -0.15) is 0 Å². The lowest BCUT2D eigenvalue weighted by molar-refractivity contribution is 0.0914. The highest BCUT2D eigenvalue weighted by Gasteiger charge is 2.11. The predicted molar refractivity (Wildman–Crippen MR) is 66.4 cm³/mol. The summed E-state index contributed by atoms with van der Waals surface area (Å²) in [6, 6.07) is 6.77. The lowest BCUT2D eigenvalue weighted by Crippen LogP contribution is -2.33. The Bertz CT molecular complexity index is 634. The first-order valence-corrected chi connectivity index (χ1v) is 5.53. The van der Waals surface area contributed by atoms with Crippen molar-refractivity contribution in [3.8, 4) is 0 Å². The number of rotatable bonds is 3. The molecule has 0 spiro atoms. The van der Waals surface area contributed by atoms with Crippen LogP contribution in [0, 0.1) is 0 Å². The van der Waals surface area contributed by atoms with E-state index in [2.05, 4.69) is 15.3 Å². The lowest BCUT2D eigenvalue weighted by atomic mass is 10.2. The van der Waals surface area contributed by atoms with E-state index in [0.29, 0.717) is 10.9 Å². The highest BCUT2D eigenvalue weighted by molar-refractivity contribution is 5.92. The maximum Gasteiger partial charge on any atom is 0.287 e. The molecule has 1 amide bonds. The third-order valence-electron chi connectivity index (χ3n) is 2.39. The van der Waals surface area contributed by atoms with Crippen LogP contribution in [-0.2, 0) is 0 Å². The molecule has 6 nitrogen and oxygen atoms in total. The maximum atomic E-state index is 11.7. The summed E-state index contributed by atoms with van der Waals surface area (Å²) in [5, 5.41) is 12.0. The Labute approximate surface area is 103 Å². The molecular weight excluding hydrogens is 234 g/mol. The van der Waals surface area contributed by atoms with Crippen molar-refractivity contribution < 1.29 is 9.90 Å². The molecule has 94 valence electrons. The molecule has 18 heavy (non-hydrogen) atoms. The van der Waals surface area contributed by atoms with Gasteiger partial charge in [0, 0.05) is 6.54 Å². The molecule has 0 aliphatic carbocycles. The van der Waals surface area contributed by atoms with Crippen LogP contribution in [-0.4, -0.2) is 33.6 Å². The molecule has 0 bridgehead atoms. The van der Waals surface area contributed by atoms with E-state index in [-0.39, 0.29) is 17.9 Å². The van der Waals surface area contributed by atoms with Gasteiger partial charge in [0.05, 0.1) is 17.0 Å². The summed E-state index contributed by atoms with van der Waals surface area (Å²) < 4.78 is 0. The molecule has 2 rings (SSSR count). The van der Waals surface area contributed by atoms with E-state index in [1.54, 1.807) is 31.2 Å². The van der Waals surface area contributed by atoms with E-state index in [1.807, 2.05) is 0 Å². The number of aliphatic hydroxyl groups is 1. The monoisotopic (exact) mass is 247 g/mol. The standard InChI is InChI=1S/C12H13N3O3/c1-7(16)6-13-12(18)10-14-9-5-3-2-4-8(9)11(17)15-10/h2-5,7,16H,6H2,1H3,(H,13,18)(H,14,15,17)/t7-/m1/s1. The third-order valence-corrected chi connectivity index (χ3v) is 2.39. The molecule has 0 fully saturated rings. The van der Waals surface area contributed by atoms with Gasteiger partial charge in [0.1, 0.15) is 0 Å². The molecule has 0 radical (unpaired) electrons. The summed E-state index contributed by atoms with van der Waals surface area (Å²) in [7, 11) is 0. The minimum absolute atomic E-state index is 0.0562. The van der Waals surface area contributed by atoms with Crippen molar-refractivity contribution in [1.82, 2.24) is 15.3 Å². The first-order valence-electron chi connectivity index (χ1n) is 5.53. The minimum Gasteiger partial charge on any atom is -0.392 e. The average Bonchev–Trinajstić information content (AvgIpc) is 2.36. The molecule has 0 aliphatic rings. The van der Waals surface area contributed by atoms with Gasteiger partial charge < -0.3 is 15.4 Å². The van der Waals surface area contributed by atoms with Gasteiger partial charge in [0.15, 0.2) is 5.82 Å². The second-order valence-electron chi connectivity index (χ2n) is 3.99. The van der Waals surface area contributed by atoms with Crippen molar-refractivity contribution in [2.75, 3.05) is 6.54 Å². The van der Waals surface area contributed by atoms with Gasteiger partial charge in [-0.3, -0.25) is 9.59 Å². The third kappa shape index (κ3) is 2.54. The van der Waals surface area contributed by atoms with Gasteiger partial charge in [-0.15, -0.1) is 0 Å². The second kappa shape index (κ2) is 4.97. The summed E-state index contributed by atoms with van der Waals surface area (Å²) in [6.45, 7) is 1.66. The molecular formula is C12H13N3O3. The van der Waals surface area contributed by atoms with Crippen LogP contribution < -0.4 is 10.9 Å². The van der Waals surface area contributed by atoms with Crippen LogP contribution >= 0.6 is 0 Å². The van der Waals surface area contributed by atoms with E-state index in [9.17, 15) is 9.59 Å². The number of hydrogen-bond acceptors (Lipinski definition) is 4. The number of nitrogens with one attached hydrogen (secondary N) is 2. The molecule has 0 unspecified atom stereocenters. The molecule has 1 atom stereocenters. The zero-order valence-electron chi connectivity index (χ0n) is 9.80. The zero-order chi connectivity index (χ0) is 13.1. The van der Waals surface area contributed by atoms with Gasteiger partial charge in [0.25, 0.3) is 11.5 Å². The van der Waals surface area contributed by atoms with Crippen LogP contribution in [0.15, 0.2) is 29.1 Å². The van der Waals surface area contributed by atoms with Crippen molar-refractivity contribution in [3.63, 3.8) is 0 Å². The second-order valence-corrected chi connectivity index (χ2v) is 3.99. The van der Waals surface area contributed by atoms with E-state index >= 15 is 0 Å². The van der Waals surface area contributed by atoms with Crippen molar-refractivity contribution in [3.05, 3.63) is 40.4 Å². The molecule has 2 aromatic rings. The van der Waals surface area contributed by atoms with Gasteiger partial charge in [-0.05, 0) is 19.1 Å². The van der Waals surface area contributed by atoms with Crippen LogP contribution in [0.1, 0.15) is 17.5 Å². The number of fused-ring (bicyclic) bond motifs is 1. The normalized spacial score (nSPS) is 12.3. The van der Waals surface area contributed by atoms with Crippen LogP contribution in [0.25, 0.3) is 10.9 Å². The average molecular weight is 247 g/mol. The van der Waals surface area contributed by atoms with Crippen molar-refractivity contribution >= 4 is 16.8 Å². The van der Waals surface area contributed by atoms with Gasteiger partial charge in [-0.25, -0.2) is 4.98 Å². The Morgan fingerprint density at radius 2 is 2.22 bits per heavy atom. The Hall–Kier alpha value is -2.21. The summed E-state index contributed by atoms with van der Waals surface area (Å²) in [5.74, 6) is -0.571. The lowest BCUT2D eigenvalue weighted by Gasteiger charge is -2.06. The van der Waals surface area contributed by atoms with Crippen molar-refractivity contribution in [2.24, 2.45) is 0 Å². The van der Waals surface area contributed by atoms with E-state index < -0.39 is 12.0 Å². The SMILES string of the molecule is C[C@@H](O)CNC(=O)c1nc2ccccc2c(=O)[nH]1. The highest BCUT2D eigenvalue weighted by atomic mass is 16.3. The molecule has 1 aromatic carbocycles. The number of H-pyrrole nitrogens is 1. The number of nitrogens with zero attached hydrogens (tertiary/aromatic N) is 1. The number of aromatic amines is 1. The fourth-order valence-corrected chi connectivity index (χ4v) is 1.52. The maximum absolute atomic E-state index is 11.7. The van der Waals surface area contributed by atoms with E-state index in [0.717, 1.165) is 0 Å².